The molecule has 0 spiro atoms. The maximum absolute atomic E-state index is 11.9. The first-order valence-corrected chi connectivity index (χ1v) is 6.84. The summed E-state index contributed by atoms with van der Waals surface area (Å²) in [6, 6.07) is 3.05. The van der Waals surface area contributed by atoms with E-state index in [1.807, 2.05) is 0 Å². The number of anilines is 1. The number of nitrogens with one attached hydrogen (secondary N) is 1. The first-order chi connectivity index (χ1) is 8.49. The normalized spacial score (nSPS) is 11.2. The van der Waals surface area contributed by atoms with Crippen LogP contribution in [0.4, 0.5) is 5.69 Å². The van der Waals surface area contributed by atoms with Gasteiger partial charge in [0.15, 0.2) is 5.15 Å². The van der Waals surface area contributed by atoms with Gasteiger partial charge in [-0.05, 0) is 23.7 Å². The summed E-state index contributed by atoms with van der Waals surface area (Å²) in [5.74, 6) is 0. The Morgan fingerprint density at radius 1 is 1.11 bits per heavy atom. The van der Waals surface area contributed by atoms with Crippen LogP contribution in [0.25, 0.3) is 0 Å². The molecule has 0 saturated carbocycles. The van der Waals surface area contributed by atoms with E-state index >= 15 is 0 Å². The van der Waals surface area contributed by atoms with Crippen molar-refractivity contribution < 1.29 is 8.42 Å². The predicted octanol–water partition coefficient (Wildman–Crippen LogP) is 1.98. The van der Waals surface area contributed by atoms with Crippen molar-refractivity contribution in [3.63, 3.8) is 0 Å². The van der Waals surface area contributed by atoms with Gasteiger partial charge in [-0.2, -0.15) is 0 Å². The molecule has 2 heterocycles. The Hall–Kier alpha value is -1.44. The zero-order valence-corrected chi connectivity index (χ0v) is 11.0. The van der Waals surface area contributed by atoms with Crippen molar-refractivity contribution in [3.05, 3.63) is 41.2 Å². The highest BCUT2D eigenvalue weighted by Crippen LogP contribution is 2.21. The standard InChI is InChI=1S/C9H6Cl2N4O2S/c10-8-7(2-1-3-12-8)15-18(16,17)6-4-13-9(11)14-5-6/h1-5,15H. The Morgan fingerprint density at radius 2 is 1.78 bits per heavy atom. The maximum atomic E-state index is 11.9. The summed E-state index contributed by atoms with van der Waals surface area (Å²) >= 11 is 11.2. The fourth-order valence-electron chi connectivity index (χ4n) is 1.11. The van der Waals surface area contributed by atoms with E-state index in [-0.39, 0.29) is 21.0 Å². The number of sulfonamides is 1. The molecule has 0 aliphatic heterocycles. The summed E-state index contributed by atoms with van der Waals surface area (Å²) in [5, 5.41) is 0.0179. The van der Waals surface area contributed by atoms with Gasteiger partial charge in [-0.25, -0.2) is 23.4 Å². The van der Waals surface area contributed by atoms with Crippen molar-refractivity contribution in [2.75, 3.05) is 4.72 Å². The molecule has 9 heteroatoms. The quantitative estimate of drug-likeness (QED) is 0.692. The van der Waals surface area contributed by atoms with Gasteiger partial charge >= 0.3 is 0 Å². The number of halogens is 2. The molecule has 0 bridgehead atoms. The molecule has 0 aromatic carbocycles. The van der Waals surface area contributed by atoms with Crippen LogP contribution in [0.15, 0.2) is 35.6 Å². The van der Waals surface area contributed by atoms with Crippen LogP contribution in [0.3, 0.4) is 0 Å². The minimum Gasteiger partial charge on any atom is -0.276 e. The van der Waals surface area contributed by atoms with E-state index in [0.29, 0.717) is 0 Å². The van der Waals surface area contributed by atoms with Gasteiger partial charge in [0, 0.05) is 6.20 Å². The Labute approximate surface area is 113 Å². The van der Waals surface area contributed by atoms with Gasteiger partial charge in [-0.1, -0.05) is 11.6 Å². The van der Waals surface area contributed by atoms with Gasteiger partial charge in [0.1, 0.15) is 4.90 Å². The van der Waals surface area contributed by atoms with Crippen LogP contribution >= 0.6 is 23.2 Å². The van der Waals surface area contributed by atoms with Crippen LogP contribution in [-0.4, -0.2) is 23.4 Å². The Morgan fingerprint density at radius 3 is 2.39 bits per heavy atom. The number of hydrogen-bond acceptors (Lipinski definition) is 5. The van der Waals surface area contributed by atoms with Gasteiger partial charge in [-0.3, -0.25) is 4.72 Å². The summed E-state index contributed by atoms with van der Waals surface area (Å²) in [7, 11) is -3.81. The Bertz CT molecular complexity index is 661. The third kappa shape index (κ3) is 2.87. The van der Waals surface area contributed by atoms with E-state index < -0.39 is 10.0 Å². The van der Waals surface area contributed by atoms with E-state index in [2.05, 4.69) is 19.7 Å². The summed E-state index contributed by atoms with van der Waals surface area (Å²) in [6.45, 7) is 0. The smallest absolute Gasteiger partial charge is 0.265 e. The van der Waals surface area contributed by atoms with E-state index in [4.69, 9.17) is 23.2 Å². The molecule has 1 N–H and O–H groups in total. The second-order valence-corrected chi connectivity index (χ2v) is 5.51. The van der Waals surface area contributed by atoms with E-state index in [0.717, 1.165) is 12.4 Å². The molecule has 6 nitrogen and oxygen atoms in total. The van der Waals surface area contributed by atoms with Crippen molar-refractivity contribution in [2.24, 2.45) is 0 Å². The van der Waals surface area contributed by atoms with Crippen LogP contribution in [0.5, 0.6) is 0 Å². The molecule has 2 aromatic heterocycles. The summed E-state index contributed by atoms with van der Waals surface area (Å²) in [4.78, 5) is 10.8. The molecule has 0 saturated heterocycles. The monoisotopic (exact) mass is 304 g/mol. The highest BCUT2D eigenvalue weighted by molar-refractivity contribution is 7.92. The molecule has 0 radical (unpaired) electrons. The van der Waals surface area contributed by atoms with Gasteiger partial charge in [0.25, 0.3) is 10.0 Å². The zero-order valence-electron chi connectivity index (χ0n) is 8.71. The molecule has 0 amide bonds. The van der Waals surface area contributed by atoms with Crippen LogP contribution < -0.4 is 4.72 Å². The van der Waals surface area contributed by atoms with Crippen LogP contribution in [-0.2, 0) is 10.0 Å². The third-order valence-corrected chi connectivity index (χ3v) is 3.73. The SMILES string of the molecule is O=S(=O)(Nc1cccnc1Cl)c1cnc(Cl)nc1. The molecule has 2 aromatic rings. The largest absolute Gasteiger partial charge is 0.276 e. The highest BCUT2D eigenvalue weighted by Gasteiger charge is 2.16. The first-order valence-electron chi connectivity index (χ1n) is 4.60. The average molecular weight is 305 g/mol. The van der Waals surface area contributed by atoms with E-state index in [9.17, 15) is 8.42 Å². The summed E-state index contributed by atoms with van der Waals surface area (Å²) < 4.78 is 26.2. The second-order valence-electron chi connectivity index (χ2n) is 3.14. The Kier molecular flexibility index (Phi) is 3.65. The molecule has 0 aliphatic rings. The summed E-state index contributed by atoms with van der Waals surface area (Å²) in [5.41, 5.74) is 0.175. The van der Waals surface area contributed by atoms with Crippen LogP contribution in [0, 0.1) is 0 Å². The lowest BCUT2D eigenvalue weighted by atomic mass is 10.4. The molecule has 0 aliphatic carbocycles. The molecule has 0 unspecified atom stereocenters. The van der Waals surface area contributed by atoms with Crippen LogP contribution in [0.1, 0.15) is 0 Å². The molecule has 0 atom stereocenters. The number of nitrogens with zero attached hydrogens (tertiary/aromatic N) is 3. The van der Waals surface area contributed by atoms with Gasteiger partial charge in [0.2, 0.25) is 5.28 Å². The average Bonchev–Trinajstić information content (AvgIpc) is 2.32. The van der Waals surface area contributed by atoms with Crippen molar-refractivity contribution in [2.45, 2.75) is 4.90 Å². The third-order valence-electron chi connectivity index (χ3n) is 1.91. The molecule has 0 fully saturated rings. The molecule has 18 heavy (non-hydrogen) atoms. The maximum Gasteiger partial charge on any atom is 0.265 e. The van der Waals surface area contributed by atoms with Crippen molar-refractivity contribution >= 4 is 38.9 Å². The summed E-state index contributed by atoms with van der Waals surface area (Å²) in [6.07, 6.45) is 3.65. The highest BCUT2D eigenvalue weighted by atomic mass is 35.5. The van der Waals surface area contributed by atoms with Gasteiger partial charge in [0.05, 0.1) is 18.1 Å². The number of rotatable bonds is 3. The van der Waals surface area contributed by atoms with E-state index in [1.54, 1.807) is 6.07 Å². The fourth-order valence-corrected chi connectivity index (χ4v) is 2.38. The lowest BCUT2D eigenvalue weighted by Gasteiger charge is -2.07. The van der Waals surface area contributed by atoms with Crippen molar-refractivity contribution in [3.8, 4) is 0 Å². The van der Waals surface area contributed by atoms with Crippen LogP contribution in [0.2, 0.25) is 10.4 Å². The molecule has 94 valence electrons. The Balaban J connectivity index is 2.33. The predicted molar refractivity (Wildman–Crippen MR) is 67.1 cm³/mol. The molecular weight excluding hydrogens is 299 g/mol. The fraction of sp³-hybridized carbons (Fsp3) is 0. The lowest BCUT2D eigenvalue weighted by molar-refractivity contribution is 0.600. The number of aromatic nitrogens is 3. The topological polar surface area (TPSA) is 84.8 Å². The first kappa shape index (κ1) is 13.0. The molecule has 2 rings (SSSR count). The zero-order chi connectivity index (χ0) is 13.2. The van der Waals surface area contributed by atoms with Gasteiger partial charge < -0.3 is 0 Å². The lowest BCUT2D eigenvalue weighted by Crippen LogP contribution is -2.14. The minimum absolute atomic E-state index is 0.0339. The van der Waals surface area contributed by atoms with E-state index in [1.165, 1.54) is 12.3 Å². The van der Waals surface area contributed by atoms with Gasteiger partial charge in [-0.15, -0.1) is 0 Å². The van der Waals surface area contributed by atoms with Crippen molar-refractivity contribution in [1.82, 2.24) is 15.0 Å². The number of hydrogen-bond donors (Lipinski definition) is 1. The number of pyridine rings is 1. The minimum atomic E-state index is -3.81. The van der Waals surface area contributed by atoms with Crippen molar-refractivity contribution in [1.29, 1.82) is 0 Å². The second kappa shape index (κ2) is 5.05. The molecular formula is C9H6Cl2N4O2S.